The maximum atomic E-state index is 13.2. The van der Waals surface area contributed by atoms with Gasteiger partial charge in [0.15, 0.2) is 0 Å². The first kappa shape index (κ1) is 41.9. The fourth-order valence-electron chi connectivity index (χ4n) is 11.9. The third kappa shape index (κ3) is 11.8. The minimum Gasteiger partial charge on any atom is -0.393 e. The first-order valence-corrected chi connectivity index (χ1v) is 22.6. The Balaban J connectivity index is 1.17. The summed E-state index contributed by atoms with van der Waals surface area (Å²) < 4.78 is 0. The van der Waals surface area contributed by atoms with E-state index in [0.717, 1.165) is 50.1 Å². The number of aliphatic hydroxyl groups is 1. The van der Waals surface area contributed by atoms with Crippen LogP contribution in [-0.4, -0.2) is 48.2 Å². The summed E-state index contributed by atoms with van der Waals surface area (Å²) in [7, 11) is 0. The second-order valence-electron chi connectivity index (χ2n) is 18.6. The van der Waals surface area contributed by atoms with Crippen LogP contribution in [-0.2, 0) is 4.79 Å². The smallest absolute Gasteiger partial charge is 0.220 e. The van der Waals surface area contributed by atoms with Crippen molar-refractivity contribution in [3.05, 3.63) is 11.6 Å². The molecule has 4 aliphatic rings. The molecule has 1 amide bonds. The third-order valence-corrected chi connectivity index (χ3v) is 15.1. The average molecular weight is 697 g/mol. The van der Waals surface area contributed by atoms with Crippen LogP contribution in [0, 0.1) is 40.4 Å². The van der Waals surface area contributed by atoms with Gasteiger partial charge in [-0.05, 0) is 124 Å². The number of hydrogen-bond donors (Lipinski definition) is 2. The number of allylic oxidation sites excluding steroid dienone is 1. The SMILES string of the molecule is CCCCCCCCCCN(CCCCCCCCCC)CCNC(=O)CC[C@@H](C)[C@H]1CC[C@H]2[C@@H]3CC=C4C[C@@H](O)CC[C@@H]4[C@@]3(C)CC[C@]12C. The Labute approximate surface area is 311 Å². The molecule has 4 nitrogen and oxygen atoms in total. The lowest BCUT2D eigenvalue weighted by Crippen LogP contribution is -2.52. The Morgan fingerprint density at radius 3 is 1.98 bits per heavy atom. The molecule has 290 valence electrons. The van der Waals surface area contributed by atoms with Gasteiger partial charge in [-0.2, -0.15) is 0 Å². The van der Waals surface area contributed by atoms with Crippen molar-refractivity contribution in [3.63, 3.8) is 0 Å². The van der Waals surface area contributed by atoms with Crippen LogP contribution in [0.15, 0.2) is 11.6 Å². The Hall–Kier alpha value is -0.870. The van der Waals surface area contributed by atoms with Crippen LogP contribution in [0.2, 0.25) is 0 Å². The average Bonchev–Trinajstić information content (AvgIpc) is 3.46. The number of amides is 1. The molecule has 3 saturated carbocycles. The van der Waals surface area contributed by atoms with Gasteiger partial charge >= 0.3 is 0 Å². The number of nitrogens with one attached hydrogen (secondary N) is 1. The van der Waals surface area contributed by atoms with Gasteiger partial charge in [0.2, 0.25) is 5.91 Å². The highest BCUT2D eigenvalue weighted by atomic mass is 16.3. The molecule has 0 aromatic carbocycles. The largest absolute Gasteiger partial charge is 0.393 e. The Morgan fingerprint density at radius 1 is 0.780 bits per heavy atom. The molecule has 0 bridgehead atoms. The molecule has 0 aromatic heterocycles. The highest BCUT2D eigenvalue weighted by Gasteiger charge is 2.60. The van der Waals surface area contributed by atoms with Crippen LogP contribution < -0.4 is 5.32 Å². The maximum Gasteiger partial charge on any atom is 0.220 e. The number of nitrogens with zero attached hydrogens (tertiary/aromatic N) is 1. The number of hydrogen-bond acceptors (Lipinski definition) is 3. The van der Waals surface area contributed by atoms with Crippen LogP contribution in [0.5, 0.6) is 0 Å². The highest BCUT2D eigenvalue weighted by molar-refractivity contribution is 5.75. The van der Waals surface area contributed by atoms with E-state index in [1.807, 2.05) is 0 Å². The van der Waals surface area contributed by atoms with E-state index in [2.05, 4.69) is 50.9 Å². The molecular weight excluding hydrogens is 613 g/mol. The molecule has 0 saturated heterocycles. The van der Waals surface area contributed by atoms with E-state index >= 15 is 0 Å². The van der Waals surface area contributed by atoms with Crippen molar-refractivity contribution in [1.82, 2.24) is 10.2 Å². The molecule has 4 heteroatoms. The van der Waals surface area contributed by atoms with Crippen LogP contribution in [0.3, 0.4) is 0 Å². The fraction of sp³-hybridized carbons (Fsp3) is 0.935. The van der Waals surface area contributed by atoms with Crippen molar-refractivity contribution in [2.24, 2.45) is 40.4 Å². The minimum atomic E-state index is -0.112. The van der Waals surface area contributed by atoms with E-state index in [-0.39, 0.29) is 12.0 Å². The predicted molar refractivity (Wildman–Crippen MR) is 214 cm³/mol. The number of aliphatic hydroxyl groups excluding tert-OH is 1. The van der Waals surface area contributed by atoms with Crippen molar-refractivity contribution in [2.75, 3.05) is 26.2 Å². The number of carbonyl (C=O) groups excluding carboxylic acids is 1. The van der Waals surface area contributed by atoms with Crippen molar-refractivity contribution >= 4 is 5.91 Å². The van der Waals surface area contributed by atoms with Crippen LogP contribution in [0.1, 0.15) is 202 Å². The molecule has 0 aromatic rings. The van der Waals surface area contributed by atoms with Crippen molar-refractivity contribution < 1.29 is 9.90 Å². The predicted octanol–water partition coefficient (Wildman–Crippen LogP) is 12.0. The maximum absolute atomic E-state index is 13.2. The molecule has 0 aliphatic heterocycles. The van der Waals surface area contributed by atoms with Crippen molar-refractivity contribution in [3.8, 4) is 0 Å². The third-order valence-electron chi connectivity index (χ3n) is 15.1. The Morgan fingerprint density at radius 2 is 1.36 bits per heavy atom. The molecule has 0 unspecified atom stereocenters. The van der Waals surface area contributed by atoms with E-state index in [1.54, 1.807) is 5.57 Å². The van der Waals surface area contributed by atoms with E-state index in [1.165, 1.54) is 154 Å². The molecule has 4 rings (SSSR count). The number of unbranched alkanes of at least 4 members (excludes halogenated alkanes) is 14. The quantitative estimate of drug-likeness (QED) is 0.0738. The Kier molecular flexibility index (Phi) is 18.2. The number of rotatable bonds is 25. The standard InChI is InChI=1S/C46H84N2O2/c1-6-8-10-12-14-16-18-20-33-48(34-21-19-17-15-13-11-9-7-2)35-32-47-44(50)29-22-37(3)40-27-28-43-42-25-23-38-36-39(49)24-26-41(38)46(42,5)31-30-45(40,43)4/h23,37,39-43,49H,6-22,24-36H2,1-5H3,(H,47,50)/t37-,39+,40-,41+,42+,43+,45-,46-/m1/s1. The molecule has 4 aliphatic carbocycles. The summed E-state index contributed by atoms with van der Waals surface area (Å²) in [5.41, 5.74) is 2.43. The van der Waals surface area contributed by atoms with Crippen molar-refractivity contribution in [2.45, 2.75) is 208 Å². The minimum absolute atomic E-state index is 0.112. The summed E-state index contributed by atoms with van der Waals surface area (Å²) in [6.45, 7) is 16.5. The van der Waals surface area contributed by atoms with Crippen molar-refractivity contribution in [1.29, 1.82) is 0 Å². The lowest BCUT2D eigenvalue weighted by molar-refractivity contribution is -0.121. The summed E-state index contributed by atoms with van der Waals surface area (Å²) in [6.07, 6.45) is 35.9. The number of carbonyl (C=O) groups is 1. The zero-order chi connectivity index (χ0) is 35.8. The van der Waals surface area contributed by atoms with E-state index in [9.17, 15) is 9.90 Å². The Bertz CT molecular complexity index is 975. The lowest BCUT2D eigenvalue weighted by atomic mass is 9.45. The van der Waals surface area contributed by atoms with Gasteiger partial charge in [-0.15, -0.1) is 0 Å². The summed E-state index contributed by atoms with van der Waals surface area (Å²) in [4.78, 5) is 15.8. The molecule has 8 atom stereocenters. The van der Waals surface area contributed by atoms with Crippen LogP contribution in [0.25, 0.3) is 0 Å². The lowest BCUT2D eigenvalue weighted by Gasteiger charge is -2.60. The second kappa shape index (κ2) is 21.7. The molecule has 50 heavy (non-hydrogen) atoms. The molecule has 0 spiro atoms. The molecule has 2 N–H and O–H groups in total. The highest BCUT2D eigenvalue weighted by Crippen LogP contribution is 2.68. The monoisotopic (exact) mass is 697 g/mol. The van der Waals surface area contributed by atoms with Crippen LogP contribution >= 0.6 is 0 Å². The summed E-state index contributed by atoms with van der Waals surface area (Å²) >= 11 is 0. The van der Waals surface area contributed by atoms with Gasteiger partial charge in [-0.1, -0.05) is 136 Å². The van der Waals surface area contributed by atoms with E-state index in [4.69, 9.17) is 0 Å². The van der Waals surface area contributed by atoms with E-state index < -0.39 is 0 Å². The molecular formula is C46H84N2O2. The van der Waals surface area contributed by atoms with Gasteiger partial charge in [0.05, 0.1) is 6.10 Å². The molecule has 0 radical (unpaired) electrons. The second-order valence-corrected chi connectivity index (χ2v) is 18.6. The number of fused-ring (bicyclic) bond motifs is 5. The van der Waals surface area contributed by atoms with Gasteiger partial charge in [0, 0.05) is 19.5 Å². The summed E-state index contributed by atoms with van der Waals surface area (Å²) in [6, 6.07) is 0. The molecule has 3 fully saturated rings. The topological polar surface area (TPSA) is 52.6 Å². The zero-order valence-electron chi connectivity index (χ0n) is 34.1. The first-order valence-electron chi connectivity index (χ1n) is 22.6. The van der Waals surface area contributed by atoms with Gasteiger partial charge in [-0.3, -0.25) is 4.79 Å². The van der Waals surface area contributed by atoms with Gasteiger partial charge in [0.1, 0.15) is 0 Å². The summed E-state index contributed by atoms with van der Waals surface area (Å²) in [5.74, 6) is 3.95. The fourth-order valence-corrected chi connectivity index (χ4v) is 11.9. The summed E-state index contributed by atoms with van der Waals surface area (Å²) in [5, 5.41) is 13.7. The van der Waals surface area contributed by atoms with Gasteiger partial charge in [-0.25, -0.2) is 0 Å². The first-order chi connectivity index (χ1) is 24.2. The molecule has 0 heterocycles. The normalized spacial score (nSPS) is 31.2. The van der Waals surface area contributed by atoms with Gasteiger partial charge < -0.3 is 15.3 Å². The zero-order valence-corrected chi connectivity index (χ0v) is 34.1. The van der Waals surface area contributed by atoms with Gasteiger partial charge in [0.25, 0.3) is 0 Å². The van der Waals surface area contributed by atoms with Crippen LogP contribution in [0.4, 0.5) is 0 Å². The van der Waals surface area contributed by atoms with E-state index in [0.29, 0.717) is 29.1 Å².